The Labute approximate surface area is 116 Å². The van der Waals surface area contributed by atoms with Crippen molar-refractivity contribution in [1.82, 2.24) is 10.2 Å². The maximum atomic E-state index is 6.05. The normalized spacial score (nSPS) is 11.8. The maximum absolute atomic E-state index is 6.05. The van der Waals surface area contributed by atoms with Gasteiger partial charge in [0.05, 0.1) is 15.7 Å². The Morgan fingerprint density at radius 3 is 2.39 bits per heavy atom. The Kier molecular flexibility index (Phi) is 3.30. The molecule has 96 valence electrons. The summed E-state index contributed by atoms with van der Waals surface area (Å²) in [7, 11) is 0. The number of nitrogens with one attached hydrogen (secondary N) is 1. The molecular formula is C13H15Cl2N3. The highest BCUT2D eigenvalue weighted by Gasteiger charge is 2.24. The lowest BCUT2D eigenvalue weighted by atomic mass is 9.87. The van der Waals surface area contributed by atoms with Gasteiger partial charge in [-0.05, 0) is 17.7 Å². The highest BCUT2D eigenvalue weighted by atomic mass is 35.5. The Morgan fingerprint density at radius 2 is 1.83 bits per heavy atom. The van der Waals surface area contributed by atoms with Gasteiger partial charge in [-0.3, -0.25) is 5.10 Å². The van der Waals surface area contributed by atoms with Crippen molar-refractivity contribution in [2.24, 2.45) is 0 Å². The summed E-state index contributed by atoms with van der Waals surface area (Å²) in [4.78, 5) is 0. The van der Waals surface area contributed by atoms with E-state index in [1.165, 1.54) is 0 Å². The maximum Gasteiger partial charge on any atom is 0.153 e. The molecule has 3 nitrogen and oxygen atoms in total. The molecule has 2 aromatic rings. The van der Waals surface area contributed by atoms with Gasteiger partial charge < -0.3 is 5.73 Å². The van der Waals surface area contributed by atoms with Crippen LogP contribution in [0.5, 0.6) is 0 Å². The van der Waals surface area contributed by atoms with E-state index >= 15 is 0 Å². The van der Waals surface area contributed by atoms with Crippen LogP contribution in [0.4, 0.5) is 5.82 Å². The third-order valence-corrected chi connectivity index (χ3v) is 3.49. The largest absolute Gasteiger partial charge is 0.382 e. The second-order valence-corrected chi connectivity index (χ2v) is 6.05. The van der Waals surface area contributed by atoms with Gasteiger partial charge in [0, 0.05) is 11.0 Å². The first-order valence-corrected chi connectivity index (χ1v) is 6.36. The number of H-pyrrole nitrogens is 1. The van der Waals surface area contributed by atoms with E-state index in [0.717, 1.165) is 16.8 Å². The van der Waals surface area contributed by atoms with E-state index in [1.54, 1.807) is 12.1 Å². The van der Waals surface area contributed by atoms with Gasteiger partial charge in [-0.15, -0.1) is 0 Å². The predicted octanol–water partition coefficient (Wildman–Crippen LogP) is 4.26. The summed E-state index contributed by atoms with van der Waals surface area (Å²) in [6, 6.07) is 5.46. The molecule has 0 unspecified atom stereocenters. The molecule has 0 aliphatic carbocycles. The molecule has 0 aliphatic rings. The summed E-state index contributed by atoms with van der Waals surface area (Å²) in [5, 5.41) is 8.12. The summed E-state index contributed by atoms with van der Waals surface area (Å²) >= 11 is 12.0. The first-order chi connectivity index (χ1) is 8.30. The highest BCUT2D eigenvalue weighted by Crippen LogP contribution is 2.37. The molecule has 0 bridgehead atoms. The van der Waals surface area contributed by atoms with Crippen molar-refractivity contribution in [3.8, 4) is 11.1 Å². The zero-order chi connectivity index (χ0) is 13.5. The molecule has 0 amide bonds. The molecule has 18 heavy (non-hydrogen) atoms. The minimum absolute atomic E-state index is 0.0773. The average molecular weight is 284 g/mol. The van der Waals surface area contributed by atoms with Gasteiger partial charge in [0.1, 0.15) is 0 Å². The van der Waals surface area contributed by atoms with Gasteiger partial charge in [0.25, 0.3) is 0 Å². The number of benzene rings is 1. The SMILES string of the molecule is CC(C)(C)c1[nH]nc(N)c1-c1ccc(Cl)c(Cl)c1. The Hall–Kier alpha value is -1.19. The number of aromatic amines is 1. The third kappa shape index (κ3) is 2.33. The van der Waals surface area contributed by atoms with Crippen LogP contribution in [-0.2, 0) is 5.41 Å². The van der Waals surface area contributed by atoms with E-state index in [1.807, 2.05) is 6.07 Å². The van der Waals surface area contributed by atoms with Gasteiger partial charge in [0.15, 0.2) is 5.82 Å². The van der Waals surface area contributed by atoms with Gasteiger partial charge in [0.2, 0.25) is 0 Å². The molecule has 0 radical (unpaired) electrons. The molecular weight excluding hydrogens is 269 g/mol. The minimum atomic E-state index is -0.0773. The number of anilines is 1. The number of nitrogens with two attached hydrogens (primary N) is 1. The van der Waals surface area contributed by atoms with Crippen LogP contribution in [0, 0.1) is 0 Å². The van der Waals surface area contributed by atoms with Gasteiger partial charge in [-0.1, -0.05) is 50.0 Å². The van der Waals surface area contributed by atoms with Crippen LogP contribution in [0.1, 0.15) is 26.5 Å². The Balaban J connectivity index is 2.63. The summed E-state index contributed by atoms with van der Waals surface area (Å²) in [6.45, 7) is 6.29. The predicted molar refractivity (Wildman–Crippen MR) is 77.2 cm³/mol. The molecule has 0 saturated heterocycles. The zero-order valence-corrected chi connectivity index (χ0v) is 12.0. The van der Waals surface area contributed by atoms with Crippen molar-refractivity contribution in [3.63, 3.8) is 0 Å². The van der Waals surface area contributed by atoms with Crippen molar-refractivity contribution >= 4 is 29.0 Å². The molecule has 0 fully saturated rings. The van der Waals surface area contributed by atoms with E-state index in [-0.39, 0.29) is 5.41 Å². The van der Waals surface area contributed by atoms with Crippen LogP contribution in [0.3, 0.4) is 0 Å². The van der Waals surface area contributed by atoms with E-state index in [9.17, 15) is 0 Å². The topological polar surface area (TPSA) is 54.7 Å². The van der Waals surface area contributed by atoms with E-state index in [2.05, 4.69) is 31.0 Å². The fourth-order valence-electron chi connectivity index (χ4n) is 1.84. The molecule has 0 spiro atoms. The highest BCUT2D eigenvalue weighted by molar-refractivity contribution is 6.42. The number of halogens is 2. The first-order valence-electron chi connectivity index (χ1n) is 5.60. The fourth-order valence-corrected chi connectivity index (χ4v) is 2.14. The van der Waals surface area contributed by atoms with Crippen molar-refractivity contribution in [2.75, 3.05) is 5.73 Å². The van der Waals surface area contributed by atoms with E-state index < -0.39 is 0 Å². The first kappa shape index (κ1) is 13.2. The number of hydrogen-bond acceptors (Lipinski definition) is 2. The summed E-state index contributed by atoms with van der Waals surface area (Å²) in [5.74, 6) is 0.471. The van der Waals surface area contributed by atoms with E-state index in [0.29, 0.717) is 15.9 Å². The monoisotopic (exact) mass is 283 g/mol. The van der Waals surface area contributed by atoms with Gasteiger partial charge in [-0.25, -0.2) is 0 Å². The number of rotatable bonds is 1. The smallest absolute Gasteiger partial charge is 0.153 e. The molecule has 1 aromatic carbocycles. The number of nitrogens with zero attached hydrogens (tertiary/aromatic N) is 1. The van der Waals surface area contributed by atoms with Crippen LogP contribution >= 0.6 is 23.2 Å². The second-order valence-electron chi connectivity index (χ2n) is 5.24. The Bertz CT molecular complexity index is 582. The Morgan fingerprint density at radius 1 is 1.17 bits per heavy atom. The number of hydrogen-bond donors (Lipinski definition) is 2. The average Bonchev–Trinajstić information content (AvgIpc) is 2.64. The number of aromatic nitrogens is 2. The van der Waals surface area contributed by atoms with Crippen molar-refractivity contribution in [1.29, 1.82) is 0 Å². The summed E-state index contributed by atoms with van der Waals surface area (Å²) in [6.07, 6.45) is 0. The second kappa shape index (κ2) is 4.48. The van der Waals surface area contributed by atoms with Gasteiger partial charge in [-0.2, -0.15) is 5.10 Å². The third-order valence-electron chi connectivity index (χ3n) is 2.75. The van der Waals surface area contributed by atoms with Gasteiger partial charge >= 0.3 is 0 Å². The molecule has 0 aliphatic heterocycles. The fraction of sp³-hybridized carbons (Fsp3) is 0.308. The lowest BCUT2D eigenvalue weighted by Gasteiger charge is -2.18. The quantitative estimate of drug-likeness (QED) is 0.821. The number of nitrogen functional groups attached to an aromatic ring is 1. The zero-order valence-electron chi connectivity index (χ0n) is 10.5. The molecule has 2 rings (SSSR count). The minimum Gasteiger partial charge on any atom is -0.382 e. The van der Waals surface area contributed by atoms with Crippen molar-refractivity contribution in [3.05, 3.63) is 33.9 Å². The molecule has 1 aromatic heterocycles. The van der Waals surface area contributed by atoms with Crippen LogP contribution in [0.25, 0.3) is 11.1 Å². The standard InChI is InChI=1S/C13H15Cl2N3/c1-13(2,3)11-10(12(16)18-17-11)7-4-5-8(14)9(15)6-7/h4-6H,1-3H3,(H3,16,17,18). The van der Waals surface area contributed by atoms with Crippen LogP contribution < -0.4 is 5.73 Å². The van der Waals surface area contributed by atoms with E-state index in [4.69, 9.17) is 28.9 Å². The van der Waals surface area contributed by atoms with Crippen LogP contribution in [0.15, 0.2) is 18.2 Å². The van der Waals surface area contributed by atoms with Crippen LogP contribution in [-0.4, -0.2) is 10.2 Å². The lowest BCUT2D eigenvalue weighted by Crippen LogP contribution is -2.13. The van der Waals surface area contributed by atoms with Crippen molar-refractivity contribution < 1.29 is 0 Å². The molecule has 3 N–H and O–H groups in total. The lowest BCUT2D eigenvalue weighted by molar-refractivity contribution is 0.568. The molecule has 0 atom stereocenters. The summed E-state index contributed by atoms with van der Waals surface area (Å²) < 4.78 is 0. The van der Waals surface area contributed by atoms with Crippen molar-refractivity contribution in [2.45, 2.75) is 26.2 Å². The van der Waals surface area contributed by atoms with Crippen LogP contribution in [0.2, 0.25) is 10.0 Å². The molecule has 5 heteroatoms. The molecule has 0 saturated carbocycles. The summed E-state index contributed by atoms with van der Waals surface area (Å²) in [5.41, 5.74) is 8.65. The molecule has 1 heterocycles.